The molecule has 182 valence electrons. The molecule has 8 nitrogen and oxygen atoms in total. The molecule has 32 heavy (non-hydrogen) atoms. The van der Waals surface area contributed by atoms with Crippen LogP contribution < -0.4 is 0 Å². The SMILES string of the molecule is CC(C)(O)C#C[C@@H](C1CCCCC1)N(O)[C@H]1O[C@H]([C@H]2COC(C)(C)O2)[C@@H]2OC(C)(C)O[C@@H]21. The van der Waals surface area contributed by atoms with E-state index in [1.807, 2.05) is 27.7 Å². The first-order valence-corrected chi connectivity index (χ1v) is 11.9. The molecule has 0 unspecified atom stereocenters. The quantitative estimate of drug-likeness (QED) is 0.496. The zero-order valence-corrected chi connectivity index (χ0v) is 20.2. The van der Waals surface area contributed by atoms with Gasteiger partial charge in [-0.2, -0.15) is 0 Å². The molecule has 0 radical (unpaired) electrons. The van der Waals surface area contributed by atoms with Gasteiger partial charge in [0.1, 0.15) is 36.1 Å². The van der Waals surface area contributed by atoms with Gasteiger partial charge in [0.2, 0.25) is 0 Å². The van der Waals surface area contributed by atoms with E-state index in [4.69, 9.17) is 23.7 Å². The molecule has 6 atom stereocenters. The molecule has 3 aliphatic heterocycles. The van der Waals surface area contributed by atoms with Crippen molar-refractivity contribution in [1.82, 2.24) is 5.06 Å². The lowest BCUT2D eigenvalue weighted by molar-refractivity contribution is -0.282. The standard InChI is InChI=1S/C24H39NO7/c1-22(2,26)13-12-16(15-10-8-7-9-11-15)25(27)21-20-19(31-24(5,6)32-20)18(29-21)17-14-28-23(3,4)30-17/h15-21,26-27H,7-11,14H2,1-6H3/t16-,17+,18+,19-,20-,21-/m0/s1. The maximum Gasteiger partial charge on any atom is 0.164 e. The first-order valence-electron chi connectivity index (χ1n) is 11.9. The molecule has 4 rings (SSSR count). The molecule has 0 aromatic rings. The highest BCUT2D eigenvalue weighted by atomic mass is 16.8. The van der Waals surface area contributed by atoms with Gasteiger partial charge in [-0.05, 0) is 60.3 Å². The molecule has 8 heteroatoms. The van der Waals surface area contributed by atoms with Gasteiger partial charge < -0.3 is 34.0 Å². The molecule has 4 fully saturated rings. The summed E-state index contributed by atoms with van der Waals surface area (Å²) < 4.78 is 30.6. The Morgan fingerprint density at radius 2 is 1.59 bits per heavy atom. The number of rotatable bonds is 4. The molecule has 0 aromatic heterocycles. The van der Waals surface area contributed by atoms with Gasteiger partial charge in [0.15, 0.2) is 17.8 Å². The van der Waals surface area contributed by atoms with E-state index >= 15 is 0 Å². The normalized spacial score (nSPS) is 37.8. The second-order valence-corrected chi connectivity index (χ2v) is 11.0. The van der Waals surface area contributed by atoms with Gasteiger partial charge in [0.25, 0.3) is 0 Å². The number of aliphatic hydroxyl groups is 1. The molecule has 3 heterocycles. The molecule has 3 saturated heterocycles. The number of ether oxygens (including phenoxy) is 5. The van der Waals surface area contributed by atoms with Crippen LogP contribution in [0.2, 0.25) is 0 Å². The van der Waals surface area contributed by atoms with E-state index in [-0.39, 0.29) is 12.0 Å². The molecule has 0 spiro atoms. The van der Waals surface area contributed by atoms with Crippen LogP contribution in [0.5, 0.6) is 0 Å². The van der Waals surface area contributed by atoms with E-state index in [1.165, 1.54) is 11.5 Å². The number of hydrogen-bond donors (Lipinski definition) is 2. The third kappa shape index (κ3) is 5.31. The van der Waals surface area contributed by atoms with Gasteiger partial charge in [-0.25, -0.2) is 0 Å². The third-order valence-electron chi connectivity index (χ3n) is 6.63. The van der Waals surface area contributed by atoms with Crippen LogP contribution in [0.25, 0.3) is 0 Å². The van der Waals surface area contributed by atoms with Gasteiger partial charge >= 0.3 is 0 Å². The molecular weight excluding hydrogens is 414 g/mol. The summed E-state index contributed by atoms with van der Waals surface area (Å²) >= 11 is 0. The van der Waals surface area contributed by atoms with Crippen molar-refractivity contribution in [3.8, 4) is 11.8 Å². The minimum absolute atomic E-state index is 0.185. The van der Waals surface area contributed by atoms with Crippen molar-refractivity contribution >= 4 is 0 Å². The summed E-state index contributed by atoms with van der Waals surface area (Å²) in [6, 6.07) is -0.476. The predicted molar refractivity (Wildman–Crippen MR) is 115 cm³/mol. The lowest BCUT2D eigenvalue weighted by Gasteiger charge is -2.36. The van der Waals surface area contributed by atoms with Crippen LogP contribution in [0, 0.1) is 17.8 Å². The van der Waals surface area contributed by atoms with E-state index in [9.17, 15) is 10.3 Å². The summed E-state index contributed by atoms with van der Waals surface area (Å²) in [6.07, 6.45) is 2.92. The van der Waals surface area contributed by atoms with Gasteiger partial charge in [0.05, 0.1) is 6.61 Å². The summed E-state index contributed by atoms with van der Waals surface area (Å²) in [7, 11) is 0. The van der Waals surface area contributed by atoms with Crippen molar-refractivity contribution in [2.45, 2.75) is 128 Å². The largest absolute Gasteiger partial charge is 0.378 e. The van der Waals surface area contributed by atoms with Crippen molar-refractivity contribution in [3.05, 3.63) is 0 Å². The zero-order chi connectivity index (χ0) is 23.3. The van der Waals surface area contributed by atoms with E-state index < -0.39 is 47.8 Å². The third-order valence-corrected chi connectivity index (χ3v) is 6.63. The van der Waals surface area contributed by atoms with Crippen molar-refractivity contribution in [1.29, 1.82) is 0 Å². The summed E-state index contributed by atoms with van der Waals surface area (Å²) in [5.41, 5.74) is -1.15. The molecule has 1 saturated carbocycles. The van der Waals surface area contributed by atoms with Gasteiger partial charge in [-0.1, -0.05) is 31.1 Å². The lowest BCUT2D eigenvalue weighted by atomic mass is 9.83. The van der Waals surface area contributed by atoms with Crippen molar-refractivity contribution in [2.75, 3.05) is 6.61 Å². The molecule has 0 bridgehead atoms. The molecule has 1 aliphatic carbocycles. The lowest BCUT2D eigenvalue weighted by Crippen LogP contribution is -2.50. The highest BCUT2D eigenvalue weighted by Crippen LogP contribution is 2.44. The van der Waals surface area contributed by atoms with Crippen LogP contribution in [0.15, 0.2) is 0 Å². The van der Waals surface area contributed by atoms with E-state index in [1.54, 1.807) is 13.8 Å². The summed E-state index contributed by atoms with van der Waals surface area (Å²) in [6.45, 7) is 11.1. The van der Waals surface area contributed by atoms with Crippen molar-refractivity contribution < 1.29 is 34.0 Å². The second-order valence-electron chi connectivity index (χ2n) is 11.0. The first-order chi connectivity index (χ1) is 14.9. The van der Waals surface area contributed by atoms with E-state index in [0.717, 1.165) is 25.7 Å². The van der Waals surface area contributed by atoms with Gasteiger partial charge in [-0.15, -0.1) is 5.06 Å². The van der Waals surface area contributed by atoms with Crippen LogP contribution in [0.4, 0.5) is 0 Å². The Morgan fingerprint density at radius 3 is 2.19 bits per heavy atom. The van der Waals surface area contributed by atoms with Crippen LogP contribution in [-0.2, 0) is 23.7 Å². The maximum atomic E-state index is 11.5. The Hall–Kier alpha value is -0.760. The Labute approximate surface area is 191 Å². The Balaban J connectivity index is 1.59. The number of fused-ring (bicyclic) bond motifs is 1. The van der Waals surface area contributed by atoms with E-state index in [0.29, 0.717) is 6.61 Å². The number of hydrogen-bond acceptors (Lipinski definition) is 8. The maximum absolute atomic E-state index is 11.5. The monoisotopic (exact) mass is 453 g/mol. The van der Waals surface area contributed by atoms with Crippen LogP contribution in [0.3, 0.4) is 0 Å². The fraction of sp³-hybridized carbons (Fsp3) is 0.917. The zero-order valence-electron chi connectivity index (χ0n) is 20.2. The van der Waals surface area contributed by atoms with Crippen molar-refractivity contribution in [3.63, 3.8) is 0 Å². The average Bonchev–Trinajstić information content (AvgIpc) is 3.31. The molecular formula is C24H39NO7. The summed E-state index contributed by atoms with van der Waals surface area (Å²) in [5, 5.41) is 22.8. The van der Waals surface area contributed by atoms with Crippen molar-refractivity contribution in [2.24, 2.45) is 5.92 Å². The number of hydroxylamine groups is 2. The fourth-order valence-electron chi connectivity index (χ4n) is 5.26. The van der Waals surface area contributed by atoms with E-state index in [2.05, 4.69) is 11.8 Å². The van der Waals surface area contributed by atoms with Crippen LogP contribution in [0.1, 0.15) is 73.6 Å². The Bertz CT molecular complexity index is 731. The average molecular weight is 454 g/mol. The summed E-state index contributed by atoms with van der Waals surface area (Å²) in [5.74, 6) is 4.74. The molecule has 4 aliphatic rings. The minimum Gasteiger partial charge on any atom is -0.378 e. The smallest absolute Gasteiger partial charge is 0.164 e. The molecule has 2 N–H and O–H groups in total. The van der Waals surface area contributed by atoms with Gasteiger partial charge in [-0.3, -0.25) is 0 Å². The highest BCUT2D eigenvalue weighted by Gasteiger charge is 2.61. The predicted octanol–water partition coefficient (Wildman–Crippen LogP) is 2.80. The fourth-order valence-corrected chi connectivity index (χ4v) is 5.26. The Kier molecular flexibility index (Phi) is 6.69. The Morgan fingerprint density at radius 1 is 0.938 bits per heavy atom. The first kappa shape index (κ1) is 24.4. The molecule has 0 aromatic carbocycles. The topological polar surface area (TPSA) is 89.9 Å². The highest BCUT2D eigenvalue weighted by molar-refractivity contribution is 5.17. The molecule has 0 amide bonds. The van der Waals surface area contributed by atoms with Gasteiger partial charge in [0, 0.05) is 0 Å². The van der Waals surface area contributed by atoms with Crippen LogP contribution >= 0.6 is 0 Å². The minimum atomic E-state index is -1.15. The second kappa shape index (κ2) is 8.79. The van der Waals surface area contributed by atoms with Crippen LogP contribution in [-0.4, -0.2) is 75.8 Å². The summed E-state index contributed by atoms with van der Waals surface area (Å²) in [4.78, 5) is 0. The number of nitrogens with zero attached hydrogens (tertiary/aromatic N) is 1.